The summed E-state index contributed by atoms with van der Waals surface area (Å²) in [6.45, 7) is 1.67. The Hall–Kier alpha value is -3.07. The molecule has 1 saturated heterocycles. The molecule has 1 aliphatic heterocycles. The van der Waals surface area contributed by atoms with Gasteiger partial charge in [0, 0.05) is 37.3 Å². The van der Waals surface area contributed by atoms with Crippen LogP contribution in [-0.4, -0.2) is 38.5 Å². The number of H-pyrrole nitrogens is 1. The molecule has 0 unspecified atom stereocenters. The number of nitrogens with one attached hydrogen (secondary N) is 1. The van der Waals surface area contributed by atoms with Gasteiger partial charge in [-0.2, -0.15) is 10.1 Å². The van der Waals surface area contributed by atoms with Crippen LogP contribution < -0.4 is 0 Å². The van der Waals surface area contributed by atoms with Crippen LogP contribution in [0.4, 0.5) is 5.69 Å². The first-order valence-electron chi connectivity index (χ1n) is 8.90. The van der Waals surface area contributed by atoms with Crippen LogP contribution in [0.1, 0.15) is 25.1 Å². The fourth-order valence-corrected chi connectivity index (χ4v) is 3.17. The highest BCUT2D eigenvalue weighted by Crippen LogP contribution is 2.25. The average Bonchev–Trinajstić information content (AvgIpc) is 3.37. The lowest BCUT2D eigenvalue weighted by molar-refractivity contribution is -0.384. The molecule has 9 nitrogen and oxygen atoms in total. The van der Waals surface area contributed by atoms with E-state index in [-0.39, 0.29) is 5.69 Å². The third-order valence-corrected chi connectivity index (χ3v) is 4.77. The van der Waals surface area contributed by atoms with Crippen LogP contribution in [0.15, 0.2) is 34.9 Å². The van der Waals surface area contributed by atoms with E-state index in [1.54, 1.807) is 18.2 Å². The van der Waals surface area contributed by atoms with E-state index in [1.165, 1.54) is 12.1 Å². The molecule has 0 bridgehead atoms. The third kappa shape index (κ3) is 4.03. The second kappa shape index (κ2) is 7.67. The van der Waals surface area contributed by atoms with Gasteiger partial charge in [-0.15, -0.1) is 0 Å². The molecule has 0 radical (unpaired) electrons. The van der Waals surface area contributed by atoms with Crippen molar-refractivity contribution in [2.24, 2.45) is 5.92 Å². The summed E-state index contributed by atoms with van der Waals surface area (Å²) in [6, 6.07) is 8.00. The largest absolute Gasteiger partial charge is 0.381 e. The van der Waals surface area contributed by atoms with Crippen LogP contribution in [0.2, 0.25) is 0 Å². The van der Waals surface area contributed by atoms with Crippen molar-refractivity contribution in [2.45, 2.75) is 25.7 Å². The number of nitrogens with zero attached hydrogens (tertiary/aromatic N) is 4. The van der Waals surface area contributed by atoms with Crippen molar-refractivity contribution in [3.63, 3.8) is 0 Å². The first-order chi connectivity index (χ1) is 13.2. The van der Waals surface area contributed by atoms with Gasteiger partial charge in [0.25, 0.3) is 11.6 Å². The molecule has 0 saturated carbocycles. The number of rotatable bonds is 6. The summed E-state index contributed by atoms with van der Waals surface area (Å²) >= 11 is 0. The summed E-state index contributed by atoms with van der Waals surface area (Å²) in [5.41, 5.74) is 2.08. The highest BCUT2D eigenvalue weighted by Gasteiger charge is 2.17. The van der Waals surface area contributed by atoms with Gasteiger partial charge in [0.05, 0.1) is 10.6 Å². The van der Waals surface area contributed by atoms with Crippen molar-refractivity contribution in [3.05, 3.63) is 46.3 Å². The highest BCUT2D eigenvalue weighted by molar-refractivity contribution is 5.65. The van der Waals surface area contributed by atoms with E-state index in [9.17, 15) is 10.1 Å². The van der Waals surface area contributed by atoms with Crippen LogP contribution in [0.5, 0.6) is 0 Å². The minimum absolute atomic E-state index is 0.0422. The third-order valence-electron chi connectivity index (χ3n) is 4.77. The molecule has 4 rings (SSSR count). The zero-order valence-corrected chi connectivity index (χ0v) is 14.6. The Morgan fingerprint density at radius 3 is 2.74 bits per heavy atom. The van der Waals surface area contributed by atoms with Gasteiger partial charge in [0.15, 0.2) is 5.82 Å². The van der Waals surface area contributed by atoms with Gasteiger partial charge in [0.2, 0.25) is 0 Å². The van der Waals surface area contributed by atoms with Crippen molar-refractivity contribution >= 4 is 5.69 Å². The maximum absolute atomic E-state index is 10.7. The lowest BCUT2D eigenvalue weighted by atomic mass is 9.95. The smallest absolute Gasteiger partial charge is 0.275 e. The Labute approximate surface area is 154 Å². The van der Waals surface area contributed by atoms with Crippen molar-refractivity contribution in [2.75, 3.05) is 13.2 Å². The molecule has 0 aliphatic carbocycles. The average molecular weight is 369 g/mol. The van der Waals surface area contributed by atoms with E-state index in [0.717, 1.165) is 44.5 Å². The summed E-state index contributed by atoms with van der Waals surface area (Å²) in [7, 11) is 0. The minimum atomic E-state index is -0.430. The lowest BCUT2D eigenvalue weighted by Crippen LogP contribution is -2.16. The number of nitro groups is 1. The molecule has 2 aromatic heterocycles. The summed E-state index contributed by atoms with van der Waals surface area (Å²) in [6.07, 6.45) is 3.98. The van der Waals surface area contributed by atoms with Gasteiger partial charge in [-0.3, -0.25) is 15.2 Å². The molecule has 1 aromatic carbocycles. The van der Waals surface area contributed by atoms with Gasteiger partial charge in [-0.1, -0.05) is 5.16 Å². The number of nitro benzene ring substituents is 1. The number of ether oxygens (including phenoxy) is 1. The Bertz CT molecular complexity index is 912. The quantitative estimate of drug-likeness (QED) is 0.522. The Morgan fingerprint density at radius 1 is 1.22 bits per heavy atom. The molecular weight excluding hydrogens is 350 g/mol. The number of aryl methyl sites for hydroxylation is 1. The number of hydrogen-bond donors (Lipinski definition) is 1. The SMILES string of the molecule is O=[N+]([O-])c1ccc(-c2cc(-c3nc(CCC4CCOCC4)no3)[nH]n2)cc1. The first-order valence-corrected chi connectivity index (χ1v) is 8.90. The minimum Gasteiger partial charge on any atom is -0.381 e. The monoisotopic (exact) mass is 369 g/mol. The molecule has 3 aromatic rings. The fraction of sp³-hybridized carbons (Fsp3) is 0.389. The molecule has 1 N–H and O–H groups in total. The molecule has 1 aliphatic rings. The molecule has 0 atom stereocenters. The van der Waals surface area contributed by atoms with Crippen LogP contribution in [0, 0.1) is 16.0 Å². The highest BCUT2D eigenvalue weighted by atomic mass is 16.6. The maximum atomic E-state index is 10.7. The second-order valence-electron chi connectivity index (χ2n) is 6.58. The standard InChI is InChI=1S/C18H19N5O4/c24-23(25)14-4-2-13(3-5-14)15-11-16(21-20-15)18-19-17(22-27-18)6-1-12-7-9-26-10-8-12/h2-5,11-12H,1,6-10H2,(H,20,21). The Balaban J connectivity index is 1.42. The summed E-state index contributed by atoms with van der Waals surface area (Å²) in [5.74, 6) is 1.72. The molecule has 9 heteroatoms. The number of hydrogen-bond acceptors (Lipinski definition) is 7. The molecule has 3 heterocycles. The summed E-state index contributed by atoms with van der Waals surface area (Å²) in [4.78, 5) is 14.8. The molecule has 0 amide bonds. The van der Waals surface area contributed by atoms with Crippen LogP contribution in [0.25, 0.3) is 22.8 Å². The van der Waals surface area contributed by atoms with Gasteiger partial charge >= 0.3 is 0 Å². The van der Waals surface area contributed by atoms with Crippen molar-refractivity contribution < 1.29 is 14.2 Å². The zero-order valence-electron chi connectivity index (χ0n) is 14.6. The normalized spacial score (nSPS) is 15.1. The second-order valence-corrected chi connectivity index (χ2v) is 6.58. The van der Waals surface area contributed by atoms with Crippen molar-refractivity contribution in [1.29, 1.82) is 0 Å². The van der Waals surface area contributed by atoms with Gasteiger partial charge < -0.3 is 9.26 Å². The van der Waals surface area contributed by atoms with Gasteiger partial charge in [-0.05, 0) is 43.4 Å². The van der Waals surface area contributed by atoms with E-state index in [1.807, 2.05) is 0 Å². The Morgan fingerprint density at radius 2 is 2.00 bits per heavy atom. The number of non-ortho nitro benzene ring substituents is 1. The first kappa shape index (κ1) is 17.3. The predicted molar refractivity (Wildman–Crippen MR) is 95.8 cm³/mol. The lowest BCUT2D eigenvalue weighted by Gasteiger charge is -2.20. The molecule has 140 valence electrons. The fourth-order valence-electron chi connectivity index (χ4n) is 3.17. The van der Waals surface area contributed by atoms with Crippen LogP contribution in [0.3, 0.4) is 0 Å². The molecular formula is C18H19N5O4. The molecule has 0 spiro atoms. The van der Waals surface area contributed by atoms with Crippen LogP contribution in [-0.2, 0) is 11.2 Å². The van der Waals surface area contributed by atoms with Crippen molar-refractivity contribution in [3.8, 4) is 22.8 Å². The van der Waals surface area contributed by atoms with E-state index >= 15 is 0 Å². The maximum Gasteiger partial charge on any atom is 0.275 e. The number of aromatic nitrogens is 4. The van der Waals surface area contributed by atoms with E-state index in [2.05, 4.69) is 20.3 Å². The van der Waals surface area contributed by atoms with E-state index in [4.69, 9.17) is 9.26 Å². The zero-order chi connectivity index (χ0) is 18.6. The molecule has 1 fully saturated rings. The molecule has 27 heavy (non-hydrogen) atoms. The van der Waals surface area contributed by atoms with E-state index in [0.29, 0.717) is 29.0 Å². The number of benzene rings is 1. The van der Waals surface area contributed by atoms with E-state index < -0.39 is 4.92 Å². The van der Waals surface area contributed by atoms with Crippen LogP contribution >= 0.6 is 0 Å². The summed E-state index contributed by atoms with van der Waals surface area (Å²) in [5, 5.41) is 21.9. The van der Waals surface area contributed by atoms with Crippen molar-refractivity contribution in [1.82, 2.24) is 20.3 Å². The number of aromatic amines is 1. The van der Waals surface area contributed by atoms with Gasteiger partial charge in [-0.25, -0.2) is 0 Å². The topological polar surface area (TPSA) is 120 Å². The summed E-state index contributed by atoms with van der Waals surface area (Å²) < 4.78 is 10.7. The van der Waals surface area contributed by atoms with Gasteiger partial charge in [0.1, 0.15) is 5.69 Å². The predicted octanol–water partition coefficient (Wildman–Crippen LogP) is 3.39. The Kier molecular flexibility index (Phi) is 4.93.